The summed E-state index contributed by atoms with van der Waals surface area (Å²) < 4.78 is 6.31. The topological polar surface area (TPSA) is 26.3 Å². The van der Waals surface area contributed by atoms with Crippen LogP contribution in [-0.2, 0) is 3.02 Å². The molecule has 0 aliphatic heterocycles. The summed E-state index contributed by atoms with van der Waals surface area (Å²) in [5.41, 5.74) is 1.65. The Morgan fingerprint density at radius 1 is 1.24 bits per heavy atom. The molecular weight excluding hydrogens is 370 g/mol. The minimum atomic E-state index is -1.97. The van der Waals surface area contributed by atoms with Gasteiger partial charge in [-0.3, -0.25) is 0 Å². The first kappa shape index (κ1) is 18.3. The average Bonchev–Trinajstić information content (AvgIpc) is 2.46. The van der Waals surface area contributed by atoms with E-state index in [2.05, 4.69) is 39.1 Å². The van der Waals surface area contributed by atoms with E-state index < -0.39 is 20.6 Å². The molecule has 0 amide bonds. The van der Waals surface area contributed by atoms with Crippen LogP contribution in [0.15, 0.2) is 30.8 Å². The van der Waals surface area contributed by atoms with E-state index in [1.165, 1.54) is 0 Å². The Hall–Kier alpha value is -0.752. The second kappa shape index (κ2) is 8.63. The Morgan fingerprint density at radius 2 is 1.81 bits per heavy atom. The molecule has 2 atom stereocenters. The predicted octanol–water partition coefficient (Wildman–Crippen LogP) is 5.18. The number of carbonyl (C=O) groups excluding carboxylic acids is 1. The molecule has 0 spiro atoms. The Balaban J connectivity index is 2.58. The van der Waals surface area contributed by atoms with Gasteiger partial charge in [0, 0.05) is 0 Å². The second-order valence-electron chi connectivity index (χ2n) is 6.06. The average molecular weight is 397 g/mol. The van der Waals surface area contributed by atoms with Crippen molar-refractivity contribution in [3.8, 4) is 0 Å². The van der Waals surface area contributed by atoms with Crippen LogP contribution in [0.2, 0.25) is 8.73 Å². The van der Waals surface area contributed by atoms with Crippen molar-refractivity contribution >= 4 is 32.7 Å². The maximum absolute atomic E-state index is 12.2. The molecule has 1 aromatic rings. The van der Waals surface area contributed by atoms with Crippen LogP contribution in [0.1, 0.15) is 50.0 Å². The fourth-order valence-corrected chi connectivity index (χ4v) is 5.34. The summed E-state index contributed by atoms with van der Waals surface area (Å²) in [5.74, 6) is 1.20. The van der Waals surface area contributed by atoms with Gasteiger partial charge in [0.2, 0.25) is 0 Å². The maximum atomic E-state index is 12.2. The summed E-state index contributed by atoms with van der Waals surface area (Å²) in [6, 6.07) is 7.42. The van der Waals surface area contributed by atoms with Crippen LogP contribution in [0, 0.1) is 11.8 Å². The van der Waals surface area contributed by atoms with E-state index in [9.17, 15) is 4.79 Å². The van der Waals surface area contributed by atoms with E-state index in [-0.39, 0.29) is 5.97 Å². The van der Waals surface area contributed by atoms with Crippen LogP contribution < -0.4 is 0 Å². The quantitative estimate of drug-likeness (QED) is 0.593. The Morgan fingerprint density at radius 3 is 2.29 bits per heavy atom. The summed E-state index contributed by atoms with van der Waals surface area (Å²) in [4.78, 5) is 14.3. The number of carbonyl (C=O) groups is 1. The third-order valence-corrected chi connectivity index (χ3v) is 9.52. The first-order valence-electron chi connectivity index (χ1n) is 7.52. The summed E-state index contributed by atoms with van der Waals surface area (Å²) >= 11 is -1.97. The summed E-state index contributed by atoms with van der Waals surface area (Å²) in [5, 5.41) is 0. The molecule has 116 valence electrons. The molecule has 2 unspecified atom stereocenters. The summed E-state index contributed by atoms with van der Waals surface area (Å²) in [7, 11) is 0. The molecule has 0 aliphatic carbocycles. The fraction of sp³-hybridized carbons (Fsp3) is 0.500. The van der Waals surface area contributed by atoms with Gasteiger partial charge in [-0.2, -0.15) is 0 Å². The van der Waals surface area contributed by atoms with Crippen molar-refractivity contribution in [1.82, 2.24) is 0 Å². The zero-order valence-corrected chi connectivity index (χ0v) is 16.3. The number of rotatable bonds is 7. The molecule has 3 heteroatoms. The SMILES string of the molecule is C=Cc1ccc(C(=O)[O][Sb]([CH3])[CH](C)CC(C)C(C)C)cc1. The van der Waals surface area contributed by atoms with E-state index in [0.29, 0.717) is 21.3 Å². The number of benzene rings is 1. The molecule has 0 aromatic heterocycles. The van der Waals surface area contributed by atoms with Crippen molar-refractivity contribution in [3.63, 3.8) is 0 Å². The molecule has 0 heterocycles. The van der Waals surface area contributed by atoms with Gasteiger partial charge in [0.1, 0.15) is 0 Å². The zero-order valence-electron chi connectivity index (χ0n) is 13.8. The van der Waals surface area contributed by atoms with Gasteiger partial charge in [-0.25, -0.2) is 0 Å². The van der Waals surface area contributed by atoms with Crippen molar-refractivity contribution in [3.05, 3.63) is 42.0 Å². The van der Waals surface area contributed by atoms with Crippen molar-refractivity contribution in [2.75, 3.05) is 0 Å². The molecule has 0 saturated heterocycles. The van der Waals surface area contributed by atoms with E-state index in [1.54, 1.807) is 6.08 Å². The molecular formula is C18H27O2Sb. The van der Waals surface area contributed by atoms with Gasteiger partial charge in [-0.05, 0) is 0 Å². The molecule has 0 bridgehead atoms. The molecule has 2 nitrogen and oxygen atoms in total. The first-order chi connectivity index (χ1) is 9.85. The van der Waals surface area contributed by atoms with E-state index >= 15 is 0 Å². The third kappa shape index (κ3) is 5.86. The minimum absolute atomic E-state index is 0.167. The van der Waals surface area contributed by atoms with Crippen molar-refractivity contribution in [2.45, 2.75) is 42.9 Å². The second-order valence-corrected chi connectivity index (χ2v) is 12.2. The summed E-state index contributed by atoms with van der Waals surface area (Å²) in [6.45, 7) is 12.7. The van der Waals surface area contributed by atoms with Crippen LogP contribution in [-0.4, -0.2) is 26.6 Å². The Bertz CT molecular complexity index is 465. The van der Waals surface area contributed by atoms with Crippen LogP contribution in [0.4, 0.5) is 0 Å². The number of hydrogen-bond acceptors (Lipinski definition) is 2. The van der Waals surface area contributed by atoms with Crippen LogP contribution >= 0.6 is 0 Å². The van der Waals surface area contributed by atoms with Crippen molar-refractivity contribution in [1.29, 1.82) is 0 Å². The zero-order chi connectivity index (χ0) is 16.0. The predicted molar refractivity (Wildman–Crippen MR) is 91.6 cm³/mol. The van der Waals surface area contributed by atoms with Crippen LogP contribution in [0.5, 0.6) is 0 Å². The first-order valence-corrected chi connectivity index (χ1v) is 12.6. The van der Waals surface area contributed by atoms with Gasteiger partial charge in [-0.15, -0.1) is 0 Å². The molecule has 1 aromatic carbocycles. The molecule has 21 heavy (non-hydrogen) atoms. The third-order valence-electron chi connectivity index (χ3n) is 4.08. The Kier molecular flexibility index (Phi) is 7.52. The molecule has 0 aliphatic rings. The van der Waals surface area contributed by atoms with Crippen LogP contribution in [0.3, 0.4) is 0 Å². The normalized spacial score (nSPS) is 14.0. The van der Waals surface area contributed by atoms with Gasteiger partial charge < -0.3 is 0 Å². The van der Waals surface area contributed by atoms with Gasteiger partial charge in [0.25, 0.3) is 0 Å². The van der Waals surface area contributed by atoms with Gasteiger partial charge in [0.05, 0.1) is 0 Å². The fourth-order valence-electron chi connectivity index (χ4n) is 1.99. The molecule has 0 radical (unpaired) electrons. The van der Waals surface area contributed by atoms with Crippen molar-refractivity contribution < 1.29 is 7.81 Å². The molecule has 0 saturated carbocycles. The van der Waals surface area contributed by atoms with Crippen LogP contribution in [0.25, 0.3) is 6.08 Å². The van der Waals surface area contributed by atoms with Gasteiger partial charge in [0.15, 0.2) is 0 Å². The van der Waals surface area contributed by atoms with E-state index in [0.717, 1.165) is 12.0 Å². The van der Waals surface area contributed by atoms with Gasteiger partial charge in [-0.1, -0.05) is 0 Å². The van der Waals surface area contributed by atoms with Gasteiger partial charge >= 0.3 is 137 Å². The molecule has 1 rings (SSSR count). The number of hydrogen-bond donors (Lipinski definition) is 0. The van der Waals surface area contributed by atoms with Crippen molar-refractivity contribution in [2.24, 2.45) is 11.8 Å². The molecule has 0 N–H and O–H groups in total. The summed E-state index contributed by atoms with van der Waals surface area (Å²) in [6.07, 6.45) is 2.92. The standard InChI is InChI=1S/C9H8O2.C8H17.CH3.Sb/c1-2-7-3-5-8(6-4-7)9(10)11;1-5-6-8(4)7(2)3;;/h2-6H,1H2,(H,10,11);5,7-8H,6H2,1-4H3;1H3;/q;;;+1/p-1. The van der Waals surface area contributed by atoms with E-state index in [1.807, 2.05) is 24.3 Å². The molecule has 0 fully saturated rings. The Labute approximate surface area is 137 Å². The monoisotopic (exact) mass is 396 g/mol. The van der Waals surface area contributed by atoms with E-state index in [4.69, 9.17) is 3.02 Å².